The molecule has 0 saturated carbocycles. The van der Waals surface area contributed by atoms with Crippen LogP contribution in [0.4, 0.5) is 10.5 Å². The molecule has 0 fully saturated rings. The molecule has 9 nitrogen and oxygen atoms in total. The van der Waals surface area contributed by atoms with Crippen molar-refractivity contribution < 1.29 is 27.5 Å². The van der Waals surface area contributed by atoms with E-state index in [1.165, 1.54) is 18.4 Å². The third kappa shape index (κ3) is 8.11. The first kappa shape index (κ1) is 29.3. The van der Waals surface area contributed by atoms with Gasteiger partial charge in [-0.05, 0) is 76.9 Å². The average molecular weight is 560 g/mol. The molecule has 3 aromatic rings. The van der Waals surface area contributed by atoms with Gasteiger partial charge >= 0.3 is 12.1 Å². The number of ether oxygens (including phenoxy) is 2. The molecule has 0 aliphatic carbocycles. The molecule has 0 aliphatic rings. The highest BCUT2D eigenvalue weighted by molar-refractivity contribution is 7.89. The number of methoxy groups -OCH3 is 1. The zero-order valence-corrected chi connectivity index (χ0v) is 24.0. The summed E-state index contributed by atoms with van der Waals surface area (Å²) in [7, 11) is -2.56. The minimum absolute atomic E-state index is 0.119. The van der Waals surface area contributed by atoms with Crippen LogP contribution in [0.5, 0.6) is 0 Å². The van der Waals surface area contributed by atoms with Crippen molar-refractivity contribution in [2.24, 2.45) is 0 Å². The number of aromatic nitrogens is 1. The van der Waals surface area contributed by atoms with Crippen molar-refractivity contribution in [1.29, 1.82) is 0 Å². The number of nitrogens with one attached hydrogen (secondary N) is 2. The fraction of sp³-hybridized carbons (Fsp3) is 0.370. The van der Waals surface area contributed by atoms with Crippen LogP contribution < -0.4 is 10.0 Å². The third-order valence-corrected chi connectivity index (χ3v) is 7.99. The Balaban J connectivity index is 1.92. The maximum absolute atomic E-state index is 13.4. The van der Waals surface area contributed by atoms with Gasteiger partial charge in [0.2, 0.25) is 10.0 Å². The van der Waals surface area contributed by atoms with Crippen molar-refractivity contribution in [1.82, 2.24) is 9.71 Å². The van der Waals surface area contributed by atoms with Gasteiger partial charge in [0.05, 0.1) is 23.0 Å². The highest BCUT2D eigenvalue weighted by Crippen LogP contribution is 2.36. The van der Waals surface area contributed by atoms with Gasteiger partial charge in [-0.25, -0.2) is 22.9 Å². The summed E-state index contributed by atoms with van der Waals surface area (Å²) >= 11 is 1.35. The van der Waals surface area contributed by atoms with Gasteiger partial charge in [0.1, 0.15) is 5.01 Å². The van der Waals surface area contributed by atoms with Gasteiger partial charge in [-0.2, -0.15) is 0 Å². The van der Waals surface area contributed by atoms with Crippen LogP contribution >= 0.6 is 11.3 Å². The molecule has 1 aromatic heterocycles. The highest BCUT2D eigenvalue weighted by Gasteiger charge is 2.26. The smallest absolute Gasteiger partial charge is 0.411 e. The molecule has 0 atom stereocenters. The summed E-state index contributed by atoms with van der Waals surface area (Å²) < 4.78 is 39.3. The lowest BCUT2D eigenvalue weighted by atomic mass is 10.1. The summed E-state index contributed by atoms with van der Waals surface area (Å²) in [5.41, 5.74) is 1.93. The number of hydrogen-bond acceptors (Lipinski definition) is 8. The summed E-state index contributed by atoms with van der Waals surface area (Å²) in [6.07, 6.45) is 1.39. The van der Waals surface area contributed by atoms with E-state index < -0.39 is 21.7 Å². The van der Waals surface area contributed by atoms with Gasteiger partial charge in [-0.15, -0.1) is 11.3 Å². The molecule has 3 rings (SSSR count). The zero-order valence-electron chi connectivity index (χ0n) is 22.3. The molecular weight excluding hydrogens is 526 g/mol. The van der Waals surface area contributed by atoms with E-state index >= 15 is 0 Å². The minimum Gasteiger partial charge on any atom is -0.469 e. The van der Waals surface area contributed by atoms with Crippen LogP contribution in [0.3, 0.4) is 0 Å². The lowest BCUT2D eigenvalue weighted by Crippen LogP contribution is -2.40. The fourth-order valence-electron chi connectivity index (χ4n) is 3.54. The van der Waals surface area contributed by atoms with Crippen LogP contribution in [0.25, 0.3) is 21.0 Å². The van der Waals surface area contributed by atoms with Crippen molar-refractivity contribution in [3.63, 3.8) is 0 Å². The van der Waals surface area contributed by atoms with Gasteiger partial charge in [0.25, 0.3) is 0 Å². The van der Waals surface area contributed by atoms with E-state index in [-0.39, 0.29) is 23.4 Å². The molecule has 0 bridgehead atoms. The first-order valence-electron chi connectivity index (χ1n) is 12.1. The van der Waals surface area contributed by atoms with E-state index in [1.54, 1.807) is 65.1 Å². The molecular formula is C27H33N3O6S2. The number of nitrogens with zero attached hydrogens (tertiary/aromatic N) is 1. The molecule has 2 aromatic carbocycles. The Kier molecular flexibility index (Phi) is 9.29. The van der Waals surface area contributed by atoms with Crippen LogP contribution in [0, 0.1) is 0 Å². The number of benzene rings is 2. The van der Waals surface area contributed by atoms with E-state index in [1.807, 2.05) is 18.2 Å². The predicted molar refractivity (Wildman–Crippen MR) is 149 cm³/mol. The monoisotopic (exact) mass is 559 g/mol. The standard InChI is InChI=1S/C27H33N3O6S2/c1-17(2)36-26(32)29-20-11-9-19(10-12-20)25-28-16-22(37-25)21-13-7-18(8-14-24(31)35-6)15-23(21)38(33,34)30-27(3,4)5/h7,9-13,15-17,30H,8,14H2,1-6H3,(H,29,32). The summed E-state index contributed by atoms with van der Waals surface area (Å²) in [5.74, 6) is -0.364. The van der Waals surface area contributed by atoms with Gasteiger partial charge in [0.15, 0.2) is 0 Å². The van der Waals surface area contributed by atoms with E-state index in [9.17, 15) is 18.0 Å². The molecule has 0 spiro atoms. The van der Waals surface area contributed by atoms with Crippen LogP contribution in [0.15, 0.2) is 53.6 Å². The lowest BCUT2D eigenvalue weighted by Gasteiger charge is -2.22. The Bertz CT molecular complexity index is 1390. The van der Waals surface area contributed by atoms with Gasteiger partial charge in [-0.3, -0.25) is 10.1 Å². The molecule has 11 heteroatoms. The molecule has 204 valence electrons. The van der Waals surface area contributed by atoms with Crippen molar-refractivity contribution >= 4 is 39.1 Å². The number of carbonyl (C=O) groups excluding carboxylic acids is 2. The van der Waals surface area contributed by atoms with Crippen molar-refractivity contribution in [3.8, 4) is 21.0 Å². The number of hydrogen-bond donors (Lipinski definition) is 2. The number of carbonyl (C=O) groups is 2. The number of amides is 1. The van der Waals surface area contributed by atoms with Crippen LogP contribution in [0.2, 0.25) is 0 Å². The quantitative estimate of drug-likeness (QED) is 0.326. The second-order valence-electron chi connectivity index (χ2n) is 9.95. The number of anilines is 1. The normalized spacial score (nSPS) is 11.9. The third-order valence-electron chi connectivity index (χ3n) is 5.11. The van der Waals surface area contributed by atoms with E-state index in [0.717, 1.165) is 5.56 Å². The first-order valence-corrected chi connectivity index (χ1v) is 14.4. The van der Waals surface area contributed by atoms with E-state index in [4.69, 9.17) is 9.47 Å². The van der Waals surface area contributed by atoms with Crippen LogP contribution in [0.1, 0.15) is 46.6 Å². The zero-order chi connectivity index (χ0) is 28.1. The van der Waals surface area contributed by atoms with Gasteiger partial charge in [0, 0.05) is 35.0 Å². The Morgan fingerprint density at radius 2 is 1.76 bits per heavy atom. The maximum Gasteiger partial charge on any atom is 0.411 e. The largest absolute Gasteiger partial charge is 0.469 e. The number of thiazole rings is 1. The van der Waals surface area contributed by atoms with E-state index in [0.29, 0.717) is 33.1 Å². The predicted octanol–water partition coefficient (Wildman–Crippen LogP) is 5.62. The Labute approximate surface area is 227 Å². The maximum atomic E-state index is 13.4. The fourth-order valence-corrected chi connectivity index (χ4v) is 6.26. The number of rotatable bonds is 9. The second-order valence-corrected chi connectivity index (χ2v) is 12.6. The first-order chi connectivity index (χ1) is 17.8. The van der Waals surface area contributed by atoms with Crippen molar-refractivity contribution in [2.45, 2.75) is 64.0 Å². The summed E-state index contributed by atoms with van der Waals surface area (Å²) in [6, 6.07) is 12.3. The van der Waals surface area contributed by atoms with E-state index in [2.05, 4.69) is 15.0 Å². The van der Waals surface area contributed by atoms with Crippen molar-refractivity contribution in [2.75, 3.05) is 12.4 Å². The molecule has 0 radical (unpaired) electrons. The summed E-state index contributed by atoms with van der Waals surface area (Å²) in [5, 5.41) is 3.36. The molecule has 0 saturated heterocycles. The Morgan fingerprint density at radius 1 is 1.08 bits per heavy atom. The molecule has 1 heterocycles. The Hall–Kier alpha value is -3.28. The highest BCUT2D eigenvalue weighted by atomic mass is 32.2. The van der Waals surface area contributed by atoms with Crippen LogP contribution in [-0.2, 0) is 30.7 Å². The lowest BCUT2D eigenvalue weighted by molar-refractivity contribution is -0.140. The SMILES string of the molecule is COC(=O)CCc1ccc(-c2cnc(-c3ccc(NC(=O)OC(C)C)cc3)s2)c(S(=O)(=O)NC(C)(C)C)c1. The molecule has 2 N–H and O–H groups in total. The van der Waals surface area contributed by atoms with Gasteiger partial charge in [-0.1, -0.05) is 12.1 Å². The molecule has 0 unspecified atom stereocenters. The number of esters is 1. The van der Waals surface area contributed by atoms with Crippen molar-refractivity contribution in [3.05, 3.63) is 54.2 Å². The summed E-state index contributed by atoms with van der Waals surface area (Å²) in [4.78, 5) is 28.8. The number of aryl methyl sites for hydroxylation is 1. The summed E-state index contributed by atoms with van der Waals surface area (Å²) in [6.45, 7) is 8.87. The Morgan fingerprint density at radius 3 is 2.37 bits per heavy atom. The average Bonchev–Trinajstić information content (AvgIpc) is 3.31. The topological polar surface area (TPSA) is 124 Å². The number of sulfonamides is 1. The van der Waals surface area contributed by atoms with Crippen LogP contribution in [-0.4, -0.2) is 44.2 Å². The van der Waals surface area contributed by atoms with Gasteiger partial charge < -0.3 is 9.47 Å². The second kappa shape index (κ2) is 12.1. The minimum atomic E-state index is -3.88. The molecule has 38 heavy (non-hydrogen) atoms. The molecule has 0 aliphatic heterocycles. The molecule has 1 amide bonds.